The molecule has 0 saturated heterocycles. The number of Topliss-reactive ketones (excluding diaryl/α,β-unsaturated/α-hetero) is 1. The zero-order chi connectivity index (χ0) is 10.0. The van der Waals surface area contributed by atoms with Crippen molar-refractivity contribution in [3.05, 3.63) is 27.5 Å². The number of carbonyl (C=O) groups excluding carboxylic acids is 1. The first-order chi connectivity index (χ1) is 6.00. The van der Waals surface area contributed by atoms with E-state index in [0.717, 1.165) is 0 Å². The molecule has 1 unspecified atom stereocenters. The molecule has 13 heavy (non-hydrogen) atoms. The molecule has 0 radical (unpaired) electrons. The molecule has 0 bridgehead atoms. The summed E-state index contributed by atoms with van der Waals surface area (Å²) in [6.45, 7) is 1.62. The van der Waals surface area contributed by atoms with E-state index < -0.39 is 5.38 Å². The number of nitrogens with zero attached hydrogens (tertiary/aromatic N) is 1. The average Bonchev–Trinajstić information content (AvgIpc) is 2.01. The maximum Gasteiger partial charge on any atom is 0.180 e. The van der Waals surface area contributed by atoms with Crippen LogP contribution in [0.15, 0.2) is 16.7 Å². The molecule has 1 aromatic heterocycles. The van der Waals surface area contributed by atoms with E-state index in [1.54, 1.807) is 13.0 Å². The highest BCUT2D eigenvalue weighted by Gasteiger charge is 2.13. The standard InChI is InChI=1S/C8H6BrCl2NO/c1-4(10)8(13)5-2-6(9)12-7(11)3-5/h2-4H,1H3. The van der Waals surface area contributed by atoms with Crippen LogP contribution in [0, 0.1) is 0 Å². The maximum atomic E-state index is 11.4. The molecular formula is C8H6BrCl2NO. The van der Waals surface area contributed by atoms with Crippen molar-refractivity contribution >= 4 is 44.9 Å². The highest BCUT2D eigenvalue weighted by Crippen LogP contribution is 2.17. The fourth-order valence-corrected chi connectivity index (χ4v) is 1.71. The molecule has 0 aliphatic rings. The van der Waals surface area contributed by atoms with E-state index in [0.29, 0.717) is 10.2 Å². The first-order valence-electron chi connectivity index (χ1n) is 3.52. The van der Waals surface area contributed by atoms with E-state index in [2.05, 4.69) is 20.9 Å². The van der Waals surface area contributed by atoms with Crippen LogP contribution in [0.5, 0.6) is 0 Å². The van der Waals surface area contributed by atoms with Gasteiger partial charge in [-0.15, -0.1) is 11.6 Å². The quantitative estimate of drug-likeness (QED) is 0.473. The van der Waals surface area contributed by atoms with E-state index in [4.69, 9.17) is 23.2 Å². The van der Waals surface area contributed by atoms with Crippen LogP contribution >= 0.6 is 39.1 Å². The van der Waals surface area contributed by atoms with Crippen molar-refractivity contribution in [2.45, 2.75) is 12.3 Å². The lowest BCUT2D eigenvalue weighted by atomic mass is 10.1. The molecule has 0 amide bonds. The number of pyridine rings is 1. The Hall–Kier alpha value is -0.120. The molecule has 0 aromatic carbocycles. The minimum atomic E-state index is -0.551. The highest BCUT2D eigenvalue weighted by atomic mass is 79.9. The number of alkyl halides is 1. The highest BCUT2D eigenvalue weighted by molar-refractivity contribution is 9.10. The van der Waals surface area contributed by atoms with Gasteiger partial charge in [-0.3, -0.25) is 4.79 Å². The Morgan fingerprint density at radius 1 is 1.62 bits per heavy atom. The summed E-state index contributed by atoms with van der Waals surface area (Å²) in [6.07, 6.45) is 0. The number of ketones is 1. The smallest absolute Gasteiger partial charge is 0.180 e. The lowest BCUT2D eigenvalue weighted by Crippen LogP contribution is -2.10. The van der Waals surface area contributed by atoms with E-state index in [1.807, 2.05) is 0 Å². The number of carbonyl (C=O) groups is 1. The third-order valence-electron chi connectivity index (χ3n) is 1.41. The zero-order valence-corrected chi connectivity index (χ0v) is 9.82. The molecule has 0 aliphatic carbocycles. The number of aromatic nitrogens is 1. The van der Waals surface area contributed by atoms with Gasteiger partial charge in [0, 0.05) is 5.56 Å². The second kappa shape index (κ2) is 4.40. The molecule has 2 nitrogen and oxygen atoms in total. The normalized spacial score (nSPS) is 12.6. The molecule has 1 rings (SSSR count). The van der Waals surface area contributed by atoms with Gasteiger partial charge in [-0.2, -0.15) is 0 Å². The summed E-state index contributed by atoms with van der Waals surface area (Å²) < 4.78 is 0.528. The SMILES string of the molecule is CC(Cl)C(=O)c1cc(Cl)nc(Br)c1. The summed E-state index contributed by atoms with van der Waals surface area (Å²) in [5.41, 5.74) is 0.467. The topological polar surface area (TPSA) is 30.0 Å². The summed E-state index contributed by atoms with van der Waals surface area (Å²) in [6, 6.07) is 3.08. The van der Waals surface area contributed by atoms with Crippen LogP contribution in [0.3, 0.4) is 0 Å². The van der Waals surface area contributed by atoms with Crippen molar-refractivity contribution in [2.75, 3.05) is 0 Å². The molecular weight excluding hydrogens is 277 g/mol. The first kappa shape index (κ1) is 11.0. The van der Waals surface area contributed by atoms with Gasteiger partial charge in [0.15, 0.2) is 5.78 Å². The first-order valence-corrected chi connectivity index (χ1v) is 5.13. The van der Waals surface area contributed by atoms with Gasteiger partial charge >= 0.3 is 0 Å². The summed E-state index contributed by atoms with van der Waals surface area (Å²) in [5, 5.41) is -0.277. The Bertz CT molecular complexity index is 321. The van der Waals surface area contributed by atoms with Gasteiger partial charge in [-0.1, -0.05) is 11.6 Å². The van der Waals surface area contributed by atoms with Crippen LogP contribution in [0.1, 0.15) is 17.3 Å². The van der Waals surface area contributed by atoms with Crippen molar-refractivity contribution < 1.29 is 4.79 Å². The predicted molar refractivity (Wildman–Crippen MR) is 56.6 cm³/mol. The van der Waals surface area contributed by atoms with Gasteiger partial charge in [-0.05, 0) is 35.0 Å². The molecule has 0 spiro atoms. The van der Waals surface area contributed by atoms with E-state index in [-0.39, 0.29) is 10.9 Å². The van der Waals surface area contributed by atoms with Gasteiger partial charge in [0.25, 0.3) is 0 Å². The lowest BCUT2D eigenvalue weighted by molar-refractivity contribution is 0.0991. The van der Waals surface area contributed by atoms with Crippen molar-refractivity contribution in [1.82, 2.24) is 4.98 Å². The van der Waals surface area contributed by atoms with Crippen LogP contribution in [0.4, 0.5) is 0 Å². The average molecular weight is 283 g/mol. The van der Waals surface area contributed by atoms with Crippen molar-refractivity contribution in [1.29, 1.82) is 0 Å². The number of hydrogen-bond donors (Lipinski definition) is 0. The Labute approximate surface area is 94.4 Å². The molecule has 5 heteroatoms. The predicted octanol–water partition coefficient (Wildman–Crippen LogP) is 3.31. The Morgan fingerprint density at radius 3 is 2.69 bits per heavy atom. The Kier molecular flexibility index (Phi) is 3.71. The molecule has 0 aliphatic heterocycles. The second-order valence-electron chi connectivity index (χ2n) is 2.48. The number of halogens is 3. The summed E-state index contributed by atoms with van der Waals surface area (Å²) in [7, 11) is 0. The van der Waals surface area contributed by atoms with Crippen molar-refractivity contribution in [3.8, 4) is 0 Å². The van der Waals surface area contributed by atoms with E-state index in [9.17, 15) is 4.79 Å². The van der Waals surface area contributed by atoms with Crippen LogP contribution in [-0.4, -0.2) is 16.1 Å². The third kappa shape index (κ3) is 2.93. The fourth-order valence-electron chi connectivity index (χ4n) is 0.837. The van der Waals surface area contributed by atoms with Crippen LogP contribution in [0.2, 0.25) is 5.15 Å². The summed E-state index contributed by atoms with van der Waals surface area (Å²) in [5.74, 6) is -0.160. The maximum absolute atomic E-state index is 11.4. The van der Waals surface area contributed by atoms with Gasteiger partial charge in [0.05, 0.1) is 5.38 Å². The van der Waals surface area contributed by atoms with Crippen LogP contribution in [-0.2, 0) is 0 Å². The van der Waals surface area contributed by atoms with E-state index in [1.165, 1.54) is 6.07 Å². The molecule has 0 fully saturated rings. The monoisotopic (exact) mass is 281 g/mol. The molecule has 1 atom stereocenters. The van der Waals surface area contributed by atoms with Gasteiger partial charge in [-0.25, -0.2) is 4.98 Å². The number of rotatable bonds is 2. The van der Waals surface area contributed by atoms with Crippen LogP contribution < -0.4 is 0 Å². The minimum absolute atomic E-state index is 0.160. The van der Waals surface area contributed by atoms with Gasteiger partial charge in [0.2, 0.25) is 0 Å². The molecule has 0 N–H and O–H groups in total. The van der Waals surface area contributed by atoms with Crippen molar-refractivity contribution in [3.63, 3.8) is 0 Å². The minimum Gasteiger partial charge on any atom is -0.293 e. The number of hydrogen-bond acceptors (Lipinski definition) is 2. The van der Waals surface area contributed by atoms with Gasteiger partial charge < -0.3 is 0 Å². The van der Waals surface area contributed by atoms with Gasteiger partial charge in [0.1, 0.15) is 9.76 Å². The molecule has 0 saturated carbocycles. The molecule has 1 heterocycles. The van der Waals surface area contributed by atoms with Crippen molar-refractivity contribution in [2.24, 2.45) is 0 Å². The zero-order valence-electron chi connectivity index (χ0n) is 6.72. The third-order valence-corrected chi connectivity index (χ3v) is 2.21. The summed E-state index contributed by atoms with van der Waals surface area (Å²) >= 11 is 14.4. The molecule has 1 aromatic rings. The summed E-state index contributed by atoms with van der Waals surface area (Å²) in [4.78, 5) is 15.3. The largest absolute Gasteiger partial charge is 0.293 e. The molecule has 70 valence electrons. The van der Waals surface area contributed by atoms with E-state index >= 15 is 0 Å². The second-order valence-corrected chi connectivity index (χ2v) is 4.34. The fraction of sp³-hybridized carbons (Fsp3) is 0.250. The lowest BCUT2D eigenvalue weighted by Gasteiger charge is -2.02. The Morgan fingerprint density at radius 2 is 2.23 bits per heavy atom. The van der Waals surface area contributed by atoms with Crippen LogP contribution in [0.25, 0.3) is 0 Å². The Balaban J connectivity index is 3.08.